The van der Waals surface area contributed by atoms with Crippen molar-refractivity contribution in [2.75, 3.05) is 42.3 Å². The minimum absolute atomic E-state index is 0. The van der Waals surface area contributed by atoms with Gasteiger partial charge in [0.15, 0.2) is 0 Å². The van der Waals surface area contributed by atoms with E-state index in [1.807, 2.05) is 0 Å². The van der Waals surface area contributed by atoms with E-state index in [1.165, 1.54) is 18.4 Å². The first-order valence-electron chi connectivity index (χ1n) is 5.88. The van der Waals surface area contributed by atoms with Crippen LogP contribution >= 0.6 is 0 Å². The Morgan fingerprint density at radius 1 is 1.00 bits per heavy atom. The molecule has 0 amide bonds. The van der Waals surface area contributed by atoms with Gasteiger partial charge in [-0.3, -0.25) is 6.08 Å². The monoisotopic (exact) mass is 329 g/mol. The Morgan fingerprint density at radius 3 is 1.61 bits per heavy atom. The van der Waals surface area contributed by atoms with Crippen molar-refractivity contribution in [3.05, 3.63) is 39.8 Å². The second kappa shape index (κ2) is 30.4. The van der Waals surface area contributed by atoms with Crippen LogP contribution in [0.5, 0.6) is 0 Å². The molecular formula is C14H29N3Zr. The molecule has 0 N–H and O–H groups in total. The van der Waals surface area contributed by atoms with E-state index in [2.05, 4.69) is 41.1 Å². The van der Waals surface area contributed by atoms with Gasteiger partial charge in [-0.1, -0.05) is 19.8 Å². The molecule has 0 bridgehead atoms. The quantitative estimate of drug-likeness (QED) is 0.676. The molecule has 0 atom stereocenters. The summed E-state index contributed by atoms with van der Waals surface area (Å²) in [5, 5.41) is 10.5. The van der Waals surface area contributed by atoms with Crippen LogP contribution in [0.15, 0.2) is 17.7 Å². The van der Waals surface area contributed by atoms with Crippen molar-refractivity contribution in [2.24, 2.45) is 0 Å². The van der Waals surface area contributed by atoms with Crippen molar-refractivity contribution in [1.82, 2.24) is 0 Å². The van der Waals surface area contributed by atoms with Crippen molar-refractivity contribution < 1.29 is 26.2 Å². The van der Waals surface area contributed by atoms with Crippen molar-refractivity contribution >= 4 is 0 Å². The molecule has 0 saturated carbocycles. The van der Waals surface area contributed by atoms with Gasteiger partial charge in [0.25, 0.3) is 0 Å². The van der Waals surface area contributed by atoms with Gasteiger partial charge in [0, 0.05) is 0 Å². The van der Waals surface area contributed by atoms with Gasteiger partial charge in [-0.25, -0.2) is 11.6 Å². The first-order valence-corrected chi connectivity index (χ1v) is 5.88. The molecule has 0 aromatic heterocycles. The molecule has 0 aromatic rings. The van der Waals surface area contributed by atoms with Crippen LogP contribution in [0.25, 0.3) is 16.0 Å². The maximum Gasteiger partial charge on any atom is 4.00 e. The van der Waals surface area contributed by atoms with Crippen LogP contribution in [0, 0.1) is 6.08 Å². The van der Waals surface area contributed by atoms with Gasteiger partial charge in [0.2, 0.25) is 0 Å². The molecule has 0 aromatic carbocycles. The Hall–Kier alpha value is 0.243. The number of rotatable bonds is 2. The van der Waals surface area contributed by atoms with Gasteiger partial charge >= 0.3 is 26.2 Å². The van der Waals surface area contributed by atoms with Crippen LogP contribution in [-0.4, -0.2) is 42.3 Å². The zero-order valence-corrected chi connectivity index (χ0v) is 15.6. The fraction of sp³-hybridized carbons (Fsp3) is 0.714. The first-order chi connectivity index (χ1) is 8.17. The molecule has 1 aliphatic rings. The van der Waals surface area contributed by atoms with Gasteiger partial charge in [0.05, 0.1) is 0 Å². The zero-order chi connectivity index (χ0) is 13.9. The Kier molecular flexibility index (Phi) is 45.1. The molecule has 18 heavy (non-hydrogen) atoms. The molecule has 0 heterocycles. The van der Waals surface area contributed by atoms with Crippen molar-refractivity contribution in [2.45, 2.75) is 26.2 Å². The summed E-state index contributed by atoms with van der Waals surface area (Å²) >= 11 is 0. The fourth-order valence-corrected chi connectivity index (χ4v) is 0.891. The summed E-state index contributed by atoms with van der Waals surface area (Å²) in [7, 11) is 10.5. The van der Waals surface area contributed by atoms with Crippen LogP contribution in [-0.2, 0) is 26.2 Å². The molecule has 1 aliphatic carbocycles. The summed E-state index contributed by atoms with van der Waals surface area (Å²) < 4.78 is 0. The average molecular weight is 331 g/mol. The van der Waals surface area contributed by atoms with Crippen LogP contribution in [0.1, 0.15) is 26.2 Å². The van der Waals surface area contributed by atoms with Crippen LogP contribution in [0.4, 0.5) is 0 Å². The largest absolute Gasteiger partial charge is 4.00 e. The summed E-state index contributed by atoms with van der Waals surface area (Å²) in [5.74, 6) is 0. The molecule has 0 radical (unpaired) electrons. The number of hydrogen-bond donors (Lipinski definition) is 0. The fourth-order valence-electron chi connectivity index (χ4n) is 0.891. The molecule has 0 aliphatic heterocycles. The summed E-state index contributed by atoms with van der Waals surface area (Å²) in [6.45, 7) is 2.20. The van der Waals surface area contributed by atoms with Crippen LogP contribution in [0.3, 0.4) is 0 Å². The molecule has 0 spiro atoms. The minimum Gasteiger partial charge on any atom is -0.668 e. The third kappa shape index (κ3) is 36.0. The van der Waals surface area contributed by atoms with E-state index in [0.29, 0.717) is 0 Å². The molecule has 1 rings (SSSR count). The van der Waals surface area contributed by atoms with Crippen molar-refractivity contribution in [3.63, 3.8) is 0 Å². The van der Waals surface area contributed by atoms with E-state index in [9.17, 15) is 0 Å². The maximum absolute atomic E-state index is 3.50. The Morgan fingerprint density at radius 2 is 1.39 bits per heavy atom. The van der Waals surface area contributed by atoms with E-state index in [0.717, 1.165) is 6.42 Å². The zero-order valence-electron chi connectivity index (χ0n) is 13.1. The third-order valence-electron chi connectivity index (χ3n) is 1.29. The Balaban J connectivity index is -0.0000000840. The maximum atomic E-state index is 3.50. The normalized spacial score (nSPS) is 10.5. The number of hydrogen-bond acceptors (Lipinski definition) is 0. The second-order valence-electron chi connectivity index (χ2n) is 3.40. The topological polar surface area (TPSA) is 42.3 Å². The molecule has 0 unspecified atom stereocenters. The van der Waals surface area contributed by atoms with Crippen LogP contribution in [0.2, 0.25) is 0 Å². The Bertz CT molecular complexity index is 164. The molecule has 104 valence electrons. The van der Waals surface area contributed by atoms with Crippen LogP contribution < -0.4 is 0 Å². The number of nitrogens with zero attached hydrogens (tertiary/aromatic N) is 3. The summed E-state index contributed by atoms with van der Waals surface area (Å²) in [4.78, 5) is 0. The molecular weight excluding hydrogens is 301 g/mol. The third-order valence-corrected chi connectivity index (χ3v) is 1.29. The van der Waals surface area contributed by atoms with E-state index in [4.69, 9.17) is 0 Å². The molecule has 0 fully saturated rings. The van der Waals surface area contributed by atoms with Gasteiger partial charge < -0.3 is 16.0 Å². The standard InChI is InChI=1S/C8H11.3C2H6N.Zr/c1-2-5-8-6-3-4-7-8;3*1-3-2;/h3,6H,2,4-5H2,1H3;3*1-2H3;/q4*-1;+4. The summed E-state index contributed by atoms with van der Waals surface area (Å²) in [6, 6.07) is 0. The molecule has 4 heteroatoms. The smallest absolute Gasteiger partial charge is 0.668 e. The van der Waals surface area contributed by atoms with Gasteiger partial charge in [-0.15, -0.1) is 6.42 Å². The van der Waals surface area contributed by atoms with Gasteiger partial charge in [-0.2, -0.15) is 48.4 Å². The van der Waals surface area contributed by atoms with Crippen molar-refractivity contribution in [1.29, 1.82) is 0 Å². The summed E-state index contributed by atoms with van der Waals surface area (Å²) in [5.41, 5.74) is 1.40. The SMILES string of the molecule is CCCC1=[C-]CC=C1.C[N-]C.C[N-]C.C[N-]C.[Zr+4]. The van der Waals surface area contributed by atoms with Crippen molar-refractivity contribution in [3.8, 4) is 0 Å². The predicted octanol–water partition coefficient (Wildman–Crippen LogP) is 4.33. The number of allylic oxidation sites excluding steroid dienone is 4. The second-order valence-corrected chi connectivity index (χ2v) is 3.40. The first kappa shape index (κ1) is 26.7. The average Bonchev–Trinajstić information content (AvgIpc) is 2.75. The summed E-state index contributed by atoms with van der Waals surface area (Å²) in [6.07, 6.45) is 11.1. The van der Waals surface area contributed by atoms with Gasteiger partial charge in [0.1, 0.15) is 0 Å². The molecule has 0 saturated heterocycles. The predicted molar refractivity (Wildman–Crippen MR) is 81.0 cm³/mol. The Labute approximate surface area is 134 Å². The minimum atomic E-state index is 0. The van der Waals surface area contributed by atoms with E-state index in [1.54, 1.807) is 42.3 Å². The van der Waals surface area contributed by atoms with Gasteiger partial charge in [-0.05, 0) is 0 Å². The molecule has 3 nitrogen and oxygen atoms in total. The van der Waals surface area contributed by atoms with E-state index in [-0.39, 0.29) is 26.2 Å². The van der Waals surface area contributed by atoms with E-state index >= 15 is 0 Å². The van der Waals surface area contributed by atoms with E-state index < -0.39 is 0 Å².